The summed E-state index contributed by atoms with van der Waals surface area (Å²) in [5.74, 6) is -0.366. The van der Waals surface area contributed by atoms with Gasteiger partial charge in [0.05, 0.1) is 18.1 Å². The van der Waals surface area contributed by atoms with E-state index in [2.05, 4.69) is 0 Å². The summed E-state index contributed by atoms with van der Waals surface area (Å²) < 4.78 is 10.4. The summed E-state index contributed by atoms with van der Waals surface area (Å²) in [5.41, 5.74) is 1.86. The number of aliphatic carboxylic acids is 1. The van der Waals surface area contributed by atoms with E-state index in [1.807, 2.05) is 6.92 Å². The molecule has 2 heterocycles. The lowest BCUT2D eigenvalue weighted by molar-refractivity contribution is -0.136. The van der Waals surface area contributed by atoms with Crippen LogP contribution in [0.25, 0.3) is 0 Å². The lowest BCUT2D eigenvalue weighted by Crippen LogP contribution is -2.27. The van der Waals surface area contributed by atoms with Crippen molar-refractivity contribution in [3.63, 3.8) is 0 Å². The summed E-state index contributed by atoms with van der Waals surface area (Å²) in [7, 11) is 1.66. The minimum absolute atomic E-state index is 0.181. The number of furan rings is 2. The number of amides is 1. The van der Waals surface area contributed by atoms with Crippen molar-refractivity contribution >= 4 is 11.9 Å². The van der Waals surface area contributed by atoms with Gasteiger partial charge in [0.1, 0.15) is 17.9 Å². The lowest BCUT2D eigenvalue weighted by Gasteiger charge is -2.17. The molecule has 0 atom stereocenters. The number of rotatable bonds is 5. The molecule has 2 aromatic rings. The first-order chi connectivity index (χ1) is 9.90. The topological polar surface area (TPSA) is 83.9 Å². The van der Waals surface area contributed by atoms with Gasteiger partial charge in [-0.25, -0.2) is 0 Å². The predicted molar refractivity (Wildman–Crippen MR) is 74.0 cm³/mol. The van der Waals surface area contributed by atoms with E-state index in [-0.39, 0.29) is 18.1 Å². The van der Waals surface area contributed by atoms with Gasteiger partial charge in [-0.3, -0.25) is 9.59 Å². The molecule has 6 heteroatoms. The number of aryl methyl sites for hydroxylation is 2. The number of carboxylic acid groups (broad SMARTS) is 1. The number of hydrogen-bond acceptors (Lipinski definition) is 4. The second kappa shape index (κ2) is 5.87. The number of nitrogens with zero attached hydrogens (tertiary/aromatic N) is 1. The highest BCUT2D eigenvalue weighted by atomic mass is 16.4. The van der Waals surface area contributed by atoms with Crippen LogP contribution in [-0.4, -0.2) is 28.9 Å². The van der Waals surface area contributed by atoms with Gasteiger partial charge in [-0.15, -0.1) is 0 Å². The van der Waals surface area contributed by atoms with Crippen LogP contribution in [0.5, 0.6) is 0 Å². The molecule has 21 heavy (non-hydrogen) atoms. The van der Waals surface area contributed by atoms with Crippen LogP contribution in [0.15, 0.2) is 27.4 Å². The highest BCUT2D eigenvalue weighted by Crippen LogP contribution is 2.21. The normalized spacial score (nSPS) is 10.6. The molecule has 0 saturated carbocycles. The molecule has 0 aliphatic heterocycles. The third-order valence-corrected chi connectivity index (χ3v) is 3.30. The van der Waals surface area contributed by atoms with Crippen LogP contribution in [-0.2, 0) is 17.8 Å². The van der Waals surface area contributed by atoms with Gasteiger partial charge in [-0.1, -0.05) is 0 Å². The SMILES string of the molecule is Cc1coc(CC(=O)O)c1C(=O)N(C)Cc1ccoc1C. The van der Waals surface area contributed by atoms with Crippen molar-refractivity contribution in [2.75, 3.05) is 7.05 Å². The van der Waals surface area contributed by atoms with Crippen LogP contribution >= 0.6 is 0 Å². The summed E-state index contributed by atoms with van der Waals surface area (Å²) in [6, 6.07) is 1.81. The molecule has 1 N–H and O–H groups in total. The molecule has 0 fully saturated rings. The molecule has 112 valence electrons. The van der Waals surface area contributed by atoms with Crippen LogP contribution in [0, 0.1) is 13.8 Å². The Hall–Kier alpha value is -2.50. The third-order valence-electron chi connectivity index (χ3n) is 3.30. The molecule has 0 bridgehead atoms. The van der Waals surface area contributed by atoms with Gasteiger partial charge < -0.3 is 18.8 Å². The zero-order valence-electron chi connectivity index (χ0n) is 12.2. The Bertz CT molecular complexity index is 667. The Morgan fingerprint density at radius 1 is 1.29 bits per heavy atom. The summed E-state index contributed by atoms with van der Waals surface area (Å²) in [4.78, 5) is 24.9. The minimum atomic E-state index is -1.04. The maximum absolute atomic E-state index is 12.5. The Morgan fingerprint density at radius 3 is 2.57 bits per heavy atom. The van der Waals surface area contributed by atoms with E-state index >= 15 is 0 Å². The van der Waals surface area contributed by atoms with E-state index < -0.39 is 5.97 Å². The van der Waals surface area contributed by atoms with Crippen LogP contribution < -0.4 is 0 Å². The molecule has 1 amide bonds. The molecule has 2 rings (SSSR count). The smallest absolute Gasteiger partial charge is 0.311 e. The molecule has 2 aromatic heterocycles. The molecule has 6 nitrogen and oxygen atoms in total. The van der Waals surface area contributed by atoms with Gasteiger partial charge in [0.25, 0.3) is 5.91 Å². The Kier molecular flexibility index (Phi) is 4.16. The van der Waals surface area contributed by atoms with Crippen LogP contribution in [0.2, 0.25) is 0 Å². The Morgan fingerprint density at radius 2 is 2.00 bits per heavy atom. The Labute approximate surface area is 122 Å². The maximum Gasteiger partial charge on any atom is 0.311 e. The fourth-order valence-corrected chi connectivity index (χ4v) is 2.15. The van der Waals surface area contributed by atoms with E-state index in [4.69, 9.17) is 13.9 Å². The predicted octanol–water partition coefficient (Wildman–Crippen LogP) is 2.39. The monoisotopic (exact) mass is 291 g/mol. The van der Waals surface area contributed by atoms with E-state index in [9.17, 15) is 9.59 Å². The van der Waals surface area contributed by atoms with E-state index in [1.165, 1.54) is 11.2 Å². The van der Waals surface area contributed by atoms with Crippen LogP contribution in [0.4, 0.5) is 0 Å². The number of carboxylic acids is 1. The van der Waals surface area contributed by atoms with E-state index in [0.717, 1.165) is 11.3 Å². The van der Waals surface area contributed by atoms with E-state index in [0.29, 0.717) is 17.7 Å². The molecule has 0 radical (unpaired) electrons. The quantitative estimate of drug-likeness (QED) is 0.914. The highest BCUT2D eigenvalue weighted by Gasteiger charge is 2.23. The standard InChI is InChI=1S/C15H17NO5/c1-9-8-21-12(6-13(17)18)14(9)15(19)16(3)7-11-4-5-20-10(11)2/h4-5,8H,6-7H2,1-3H3,(H,17,18). The maximum atomic E-state index is 12.5. The average molecular weight is 291 g/mol. The number of carbonyl (C=O) groups is 2. The zero-order chi connectivity index (χ0) is 15.6. The van der Waals surface area contributed by atoms with Gasteiger partial charge >= 0.3 is 5.97 Å². The molecule has 0 spiro atoms. The van der Waals surface area contributed by atoms with Crippen molar-refractivity contribution in [2.24, 2.45) is 0 Å². The van der Waals surface area contributed by atoms with Crippen molar-refractivity contribution in [1.29, 1.82) is 0 Å². The average Bonchev–Trinajstić information content (AvgIpc) is 2.95. The minimum Gasteiger partial charge on any atom is -0.481 e. The molecule has 0 aliphatic rings. The zero-order valence-corrected chi connectivity index (χ0v) is 12.2. The van der Waals surface area contributed by atoms with E-state index in [1.54, 1.807) is 26.3 Å². The van der Waals surface area contributed by atoms with Crippen molar-refractivity contribution in [1.82, 2.24) is 4.90 Å². The lowest BCUT2D eigenvalue weighted by atomic mass is 10.1. The first-order valence-electron chi connectivity index (χ1n) is 6.47. The number of hydrogen-bond donors (Lipinski definition) is 1. The molecule has 0 aliphatic carbocycles. The molecular weight excluding hydrogens is 274 g/mol. The van der Waals surface area contributed by atoms with Gasteiger partial charge in [-0.05, 0) is 19.9 Å². The fraction of sp³-hybridized carbons (Fsp3) is 0.333. The summed E-state index contributed by atoms with van der Waals surface area (Å²) in [6.45, 7) is 3.93. The first-order valence-corrected chi connectivity index (χ1v) is 6.47. The summed E-state index contributed by atoms with van der Waals surface area (Å²) in [6.07, 6.45) is 2.66. The van der Waals surface area contributed by atoms with Gasteiger partial charge in [0, 0.05) is 24.7 Å². The molecule has 0 unspecified atom stereocenters. The van der Waals surface area contributed by atoms with Crippen molar-refractivity contribution in [3.8, 4) is 0 Å². The summed E-state index contributed by atoms with van der Waals surface area (Å²) in [5, 5.41) is 8.87. The van der Waals surface area contributed by atoms with Crippen molar-refractivity contribution in [3.05, 3.63) is 46.8 Å². The van der Waals surface area contributed by atoms with Gasteiger partial charge in [0.2, 0.25) is 0 Å². The van der Waals surface area contributed by atoms with Crippen molar-refractivity contribution < 1.29 is 23.5 Å². The van der Waals surface area contributed by atoms with Crippen LogP contribution in [0.1, 0.15) is 33.0 Å². The molecule has 0 aromatic carbocycles. The van der Waals surface area contributed by atoms with Gasteiger partial charge in [-0.2, -0.15) is 0 Å². The summed E-state index contributed by atoms with van der Waals surface area (Å²) >= 11 is 0. The Balaban J connectivity index is 2.21. The van der Waals surface area contributed by atoms with Crippen molar-refractivity contribution in [2.45, 2.75) is 26.8 Å². The largest absolute Gasteiger partial charge is 0.481 e. The second-order valence-electron chi connectivity index (χ2n) is 4.95. The molecule has 0 saturated heterocycles. The second-order valence-corrected chi connectivity index (χ2v) is 4.95. The third kappa shape index (κ3) is 3.16. The molecular formula is C15H17NO5. The number of carbonyl (C=O) groups excluding carboxylic acids is 1. The highest BCUT2D eigenvalue weighted by molar-refractivity contribution is 5.97. The van der Waals surface area contributed by atoms with Gasteiger partial charge in [0.15, 0.2) is 0 Å². The first kappa shape index (κ1) is 14.9. The fourth-order valence-electron chi connectivity index (χ4n) is 2.15. The van der Waals surface area contributed by atoms with Crippen LogP contribution in [0.3, 0.4) is 0 Å².